The highest BCUT2D eigenvalue weighted by Crippen LogP contribution is 2.43. The zero-order chi connectivity index (χ0) is 19.3. The summed E-state index contributed by atoms with van der Waals surface area (Å²) in [5.41, 5.74) is -4.99. The van der Waals surface area contributed by atoms with Gasteiger partial charge in [0.05, 0.1) is 5.41 Å². The highest BCUT2D eigenvalue weighted by atomic mass is 16.6. The van der Waals surface area contributed by atoms with Crippen LogP contribution < -0.4 is 0 Å². The molecule has 0 radical (unpaired) electrons. The zero-order valence-corrected chi connectivity index (χ0v) is 14.3. The van der Waals surface area contributed by atoms with Crippen LogP contribution in [0.25, 0.3) is 0 Å². The van der Waals surface area contributed by atoms with E-state index in [9.17, 15) is 34.9 Å². The summed E-state index contributed by atoms with van der Waals surface area (Å²) >= 11 is 0. The van der Waals surface area contributed by atoms with Crippen LogP contribution in [0.2, 0.25) is 0 Å². The first-order valence-electron chi connectivity index (χ1n) is 7.40. The van der Waals surface area contributed by atoms with Crippen molar-refractivity contribution >= 4 is 11.9 Å². The van der Waals surface area contributed by atoms with Crippen molar-refractivity contribution in [2.45, 2.75) is 70.9 Å². The summed E-state index contributed by atoms with van der Waals surface area (Å²) in [6, 6.07) is 0. The van der Waals surface area contributed by atoms with Crippen LogP contribution in [0.15, 0.2) is 0 Å². The van der Waals surface area contributed by atoms with Crippen LogP contribution in [-0.2, 0) is 9.59 Å². The first-order valence-corrected chi connectivity index (χ1v) is 7.40. The van der Waals surface area contributed by atoms with Gasteiger partial charge in [-0.1, -0.05) is 0 Å². The summed E-state index contributed by atoms with van der Waals surface area (Å²) in [5.74, 6) is -2.52. The van der Waals surface area contributed by atoms with E-state index in [0.29, 0.717) is 0 Å². The molecule has 0 unspecified atom stereocenters. The summed E-state index contributed by atoms with van der Waals surface area (Å²) in [7, 11) is 0. The van der Waals surface area contributed by atoms with E-state index in [0.717, 1.165) is 0 Å². The quantitative estimate of drug-likeness (QED) is 0.424. The Hall–Kier alpha value is -2.26. The van der Waals surface area contributed by atoms with Gasteiger partial charge >= 0.3 is 11.9 Å². The molecular weight excluding hydrogens is 324 g/mol. The van der Waals surface area contributed by atoms with Crippen molar-refractivity contribution < 1.29 is 29.6 Å². The number of nitro groups is 2. The van der Waals surface area contributed by atoms with E-state index in [1.54, 1.807) is 0 Å². The molecule has 0 aliphatic heterocycles. The van der Waals surface area contributed by atoms with Crippen LogP contribution in [0.1, 0.15) is 59.8 Å². The lowest BCUT2D eigenvalue weighted by Crippen LogP contribution is -2.48. The van der Waals surface area contributed by atoms with Crippen LogP contribution in [0, 0.1) is 25.6 Å². The standard InChI is InChI=1S/C14H24N2O8/c1-12(2,15(21)22)8-14(11(19)20,7-5-6-10(17)18)9-13(3,4)16(23)24/h5-9H2,1-4H3,(H,17,18)(H,19,20). The highest BCUT2D eigenvalue weighted by Gasteiger charge is 2.53. The van der Waals surface area contributed by atoms with E-state index < -0.39 is 51.1 Å². The minimum atomic E-state index is -1.76. The van der Waals surface area contributed by atoms with Gasteiger partial charge in [-0.3, -0.25) is 29.8 Å². The maximum absolute atomic E-state index is 11.9. The van der Waals surface area contributed by atoms with Crippen LogP contribution in [0.5, 0.6) is 0 Å². The predicted octanol–water partition coefficient (Wildman–Crippen LogP) is 2.20. The fourth-order valence-corrected chi connectivity index (χ4v) is 2.86. The number of rotatable bonds is 11. The number of aliphatic carboxylic acids is 2. The molecule has 0 aliphatic rings. The van der Waals surface area contributed by atoms with Crippen molar-refractivity contribution in [2.75, 3.05) is 0 Å². The Kier molecular flexibility index (Phi) is 6.83. The highest BCUT2D eigenvalue weighted by molar-refractivity contribution is 5.75. The van der Waals surface area contributed by atoms with Gasteiger partial charge in [-0.2, -0.15) is 0 Å². The van der Waals surface area contributed by atoms with Crippen LogP contribution >= 0.6 is 0 Å². The number of carboxylic acids is 2. The maximum atomic E-state index is 11.9. The van der Waals surface area contributed by atoms with E-state index in [-0.39, 0.29) is 19.3 Å². The number of carbonyl (C=O) groups is 2. The van der Waals surface area contributed by atoms with Gasteiger partial charge in [-0.05, 0) is 12.8 Å². The Morgan fingerprint density at radius 1 is 0.917 bits per heavy atom. The molecule has 0 bridgehead atoms. The minimum Gasteiger partial charge on any atom is -0.481 e. The molecule has 0 aromatic heterocycles. The van der Waals surface area contributed by atoms with Gasteiger partial charge in [0.25, 0.3) is 0 Å². The average molecular weight is 348 g/mol. The molecule has 0 fully saturated rings. The number of nitrogens with zero attached hydrogens (tertiary/aromatic N) is 2. The molecule has 0 rings (SSSR count). The lowest BCUT2D eigenvalue weighted by molar-refractivity contribution is -0.572. The smallest absolute Gasteiger partial charge is 0.310 e. The Bertz CT molecular complexity index is 499. The molecular formula is C14H24N2O8. The molecule has 0 spiro atoms. The molecule has 2 N–H and O–H groups in total. The van der Waals surface area contributed by atoms with Crippen molar-refractivity contribution in [3.8, 4) is 0 Å². The van der Waals surface area contributed by atoms with Gasteiger partial charge in [-0.25, -0.2) is 0 Å². The summed E-state index contributed by atoms with van der Waals surface area (Å²) in [4.78, 5) is 43.7. The molecule has 0 aromatic carbocycles. The van der Waals surface area contributed by atoms with Gasteiger partial charge in [0.2, 0.25) is 11.1 Å². The first-order chi connectivity index (χ1) is 10.7. The molecule has 24 heavy (non-hydrogen) atoms. The van der Waals surface area contributed by atoms with Gasteiger partial charge < -0.3 is 10.2 Å². The Balaban J connectivity index is 5.80. The zero-order valence-electron chi connectivity index (χ0n) is 14.3. The van der Waals surface area contributed by atoms with Gasteiger partial charge in [-0.15, -0.1) is 0 Å². The summed E-state index contributed by atoms with van der Waals surface area (Å²) < 4.78 is 0. The second kappa shape index (κ2) is 7.54. The van der Waals surface area contributed by atoms with Crippen molar-refractivity contribution in [2.24, 2.45) is 5.41 Å². The van der Waals surface area contributed by atoms with Crippen LogP contribution in [-0.4, -0.2) is 43.1 Å². The van der Waals surface area contributed by atoms with Crippen molar-refractivity contribution in [1.29, 1.82) is 0 Å². The van der Waals surface area contributed by atoms with Crippen LogP contribution in [0.3, 0.4) is 0 Å². The second-order valence-corrected chi connectivity index (χ2v) is 7.33. The van der Waals surface area contributed by atoms with Gasteiger partial charge in [0, 0.05) is 56.8 Å². The SMILES string of the molecule is CC(C)(CC(CCCC(=O)O)(CC(C)(C)[N+](=O)[O-])C(=O)O)[N+](=O)[O-]. The molecule has 0 aromatic rings. The molecule has 0 amide bonds. The molecule has 0 saturated heterocycles. The first kappa shape index (κ1) is 21.7. The number of carboxylic acid groups (broad SMARTS) is 2. The van der Waals surface area contributed by atoms with Crippen molar-refractivity contribution in [1.82, 2.24) is 0 Å². The molecule has 0 aliphatic carbocycles. The third kappa shape index (κ3) is 5.74. The van der Waals surface area contributed by atoms with Crippen molar-refractivity contribution in [3.05, 3.63) is 20.2 Å². The van der Waals surface area contributed by atoms with E-state index in [4.69, 9.17) is 5.11 Å². The molecule has 0 atom stereocenters. The lowest BCUT2D eigenvalue weighted by Gasteiger charge is -2.35. The third-order valence-electron chi connectivity index (χ3n) is 4.03. The Labute approximate surface area is 139 Å². The van der Waals surface area contributed by atoms with E-state index in [1.165, 1.54) is 27.7 Å². The molecule has 0 saturated carbocycles. The monoisotopic (exact) mass is 348 g/mol. The van der Waals surface area contributed by atoms with Crippen molar-refractivity contribution in [3.63, 3.8) is 0 Å². The number of hydrogen-bond acceptors (Lipinski definition) is 6. The molecule has 10 heteroatoms. The molecule has 0 heterocycles. The third-order valence-corrected chi connectivity index (χ3v) is 4.03. The topological polar surface area (TPSA) is 161 Å². The van der Waals surface area contributed by atoms with E-state index >= 15 is 0 Å². The fourth-order valence-electron chi connectivity index (χ4n) is 2.86. The van der Waals surface area contributed by atoms with E-state index in [2.05, 4.69) is 0 Å². The second-order valence-electron chi connectivity index (χ2n) is 7.33. The number of hydrogen-bond donors (Lipinski definition) is 2. The normalized spacial score (nSPS) is 12.7. The van der Waals surface area contributed by atoms with Crippen LogP contribution in [0.4, 0.5) is 0 Å². The Morgan fingerprint density at radius 3 is 1.54 bits per heavy atom. The molecule has 138 valence electrons. The molecule has 10 nitrogen and oxygen atoms in total. The minimum absolute atomic E-state index is 0.0385. The van der Waals surface area contributed by atoms with Gasteiger partial charge in [0.1, 0.15) is 0 Å². The Morgan fingerprint density at radius 2 is 1.29 bits per heavy atom. The fraction of sp³-hybridized carbons (Fsp3) is 0.857. The largest absolute Gasteiger partial charge is 0.481 e. The maximum Gasteiger partial charge on any atom is 0.310 e. The van der Waals surface area contributed by atoms with Gasteiger partial charge in [0.15, 0.2) is 0 Å². The predicted molar refractivity (Wildman–Crippen MR) is 82.9 cm³/mol. The summed E-state index contributed by atoms with van der Waals surface area (Å²) in [6.07, 6.45) is -1.41. The summed E-state index contributed by atoms with van der Waals surface area (Å²) in [6.45, 7) is 5.00. The van der Waals surface area contributed by atoms with E-state index in [1.807, 2.05) is 0 Å². The summed E-state index contributed by atoms with van der Waals surface area (Å²) in [5, 5.41) is 40.8. The average Bonchev–Trinajstić information content (AvgIpc) is 2.36. The lowest BCUT2D eigenvalue weighted by atomic mass is 9.67.